The van der Waals surface area contributed by atoms with Crippen LogP contribution in [0.2, 0.25) is 0 Å². The second-order valence-electron chi connectivity index (χ2n) is 4.21. The Morgan fingerprint density at radius 2 is 2.24 bits per heavy atom. The Morgan fingerprint density at radius 1 is 1.53 bits per heavy atom. The molecule has 0 saturated carbocycles. The number of carboxylic acids is 1. The van der Waals surface area contributed by atoms with Crippen LogP contribution in [-0.4, -0.2) is 34.2 Å². The maximum Gasteiger partial charge on any atom is 0.323 e. The summed E-state index contributed by atoms with van der Waals surface area (Å²) in [4.78, 5) is 16.7. The molecule has 0 radical (unpaired) electrons. The van der Waals surface area contributed by atoms with Crippen LogP contribution in [0.25, 0.3) is 11.0 Å². The summed E-state index contributed by atoms with van der Waals surface area (Å²) in [6, 6.07) is 5.99. The van der Waals surface area contributed by atoms with Crippen LogP contribution in [0.3, 0.4) is 0 Å². The molecule has 0 aliphatic rings. The third kappa shape index (κ3) is 2.08. The van der Waals surface area contributed by atoms with Gasteiger partial charge in [-0.2, -0.15) is 0 Å². The molecule has 0 fully saturated rings. The number of carbonyl (C=O) groups is 1. The van der Waals surface area contributed by atoms with Gasteiger partial charge in [0.25, 0.3) is 0 Å². The molecular weight excluding hydrogens is 218 g/mol. The second kappa shape index (κ2) is 4.08. The Hall–Kier alpha value is -2.04. The van der Waals surface area contributed by atoms with Gasteiger partial charge in [0.2, 0.25) is 5.95 Å². The van der Waals surface area contributed by atoms with Crippen molar-refractivity contribution in [2.45, 2.75) is 6.92 Å². The van der Waals surface area contributed by atoms with Gasteiger partial charge in [0.05, 0.1) is 11.0 Å². The molecule has 0 atom stereocenters. The number of benzene rings is 1. The summed E-state index contributed by atoms with van der Waals surface area (Å²) in [5.41, 5.74) is 3.05. The molecule has 5 heteroatoms. The molecule has 0 saturated heterocycles. The summed E-state index contributed by atoms with van der Waals surface area (Å²) >= 11 is 0. The van der Waals surface area contributed by atoms with E-state index in [0.717, 1.165) is 16.6 Å². The quantitative estimate of drug-likeness (QED) is 0.870. The standard InChI is InChI=1S/C12H15N3O2/c1-8-4-5-9-10(6-8)15(3)12(13-9)14(2)7-11(16)17/h4-6H,7H2,1-3H3,(H,16,17). The van der Waals surface area contributed by atoms with Crippen molar-refractivity contribution in [2.75, 3.05) is 18.5 Å². The molecule has 0 amide bonds. The maximum atomic E-state index is 10.7. The summed E-state index contributed by atoms with van der Waals surface area (Å²) in [5, 5.41) is 8.78. The number of hydrogen-bond acceptors (Lipinski definition) is 3. The Labute approximate surface area is 99.3 Å². The highest BCUT2D eigenvalue weighted by molar-refractivity contribution is 5.80. The van der Waals surface area contributed by atoms with Gasteiger partial charge in [-0.25, -0.2) is 4.98 Å². The average molecular weight is 233 g/mol. The van der Waals surface area contributed by atoms with Crippen molar-refractivity contribution < 1.29 is 9.90 Å². The molecule has 0 bridgehead atoms. The number of fused-ring (bicyclic) bond motifs is 1. The lowest BCUT2D eigenvalue weighted by molar-refractivity contribution is -0.135. The van der Waals surface area contributed by atoms with Crippen molar-refractivity contribution in [3.63, 3.8) is 0 Å². The van der Waals surface area contributed by atoms with E-state index in [2.05, 4.69) is 4.98 Å². The Balaban J connectivity index is 2.48. The minimum Gasteiger partial charge on any atom is -0.480 e. The van der Waals surface area contributed by atoms with E-state index in [-0.39, 0.29) is 6.54 Å². The third-order valence-corrected chi connectivity index (χ3v) is 2.73. The van der Waals surface area contributed by atoms with Crippen molar-refractivity contribution in [3.05, 3.63) is 23.8 Å². The molecule has 90 valence electrons. The maximum absolute atomic E-state index is 10.7. The fourth-order valence-electron chi connectivity index (χ4n) is 1.90. The van der Waals surface area contributed by atoms with Crippen molar-refractivity contribution >= 4 is 23.0 Å². The zero-order valence-electron chi connectivity index (χ0n) is 10.1. The largest absolute Gasteiger partial charge is 0.480 e. The molecule has 2 aromatic rings. The molecule has 0 spiro atoms. The first kappa shape index (κ1) is 11.4. The van der Waals surface area contributed by atoms with Crippen LogP contribution in [0.15, 0.2) is 18.2 Å². The van der Waals surface area contributed by atoms with Gasteiger partial charge in [-0.15, -0.1) is 0 Å². The van der Waals surface area contributed by atoms with Crippen LogP contribution in [-0.2, 0) is 11.8 Å². The normalized spacial score (nSPS) is 10.8. The number of rotatable bonds is 3. The number of aliphatic carboxylic acids is 1. The smallest absolute Gasteiger partial charge is 0.323 e. The number of carboxylic acid groups (broad SMARTS) is 1. The number of aryl methyl sites for hydroxylation is 2. The Morgan fingerprint density at radius 3 is 2.88 bits per heavy atom. The topological polar surface area (TPSA) is 58.4 Å². The van der Waals surface area contributed by atoms with Crippen molar-refractivity contribution in [2.24, 2.45) is 7.05 Å². The lowest BCUT2D eigenvalue weighted by Crippen LogP contribution is -2.27. The lowest BCUT2D eigenvalue weighted by atomic mass is 10.2. The number of aromatic nitrogens is 2. The Kier molecular flexibility index (Phi) is 2.75. The van der Waals surface area contributed by atoms with Gasteiger partial charge in [-0.1, -0.05) is 6.07 Å². The summed E-state index contributed by atoms with van der Waals surface area (Å²) in [5.74, 6) is -0.205. The van der Waals surface area contributed by atoms with Gasteiger partial charge in [0, 0.05) is 14.1 Å². The number of nitrogens with zero attached hydrogens (tertiary/aromatic N) is 3. The van der Waals surface area contributed by atoms with Crippen LogP contribution >= 0.6 is 0 Å². The predicted molar refractivity (Wildman–Crippen MR) is 66.4 cm³/mol. The zero-order valence-corrected chi connectivity index (χ0v) is 10.1. The number of imidazole rings is 1. The minimum absolute atomic E-state index is 0.0594. The van der Waals surface area contributed by atoms with E-state index in [1.165, 1.54) is 0 Å². The van der Waals surface area contributed by atoms with E-state index in [9.17, 15) is 4.79 Å². The van der Waals surface area contributed by atoms with Crippen molar-refractivity contribution in [1.82, 2.24) is 9.55 Å². The van der Waals surface area contributed by atoms with E-state index in [1.54, 1.807) is 11.9 Å². The van der Waals surface area contributed by atoms with Gasteiger partial charge >= 0.3 is 5.97 Å². The molecule has 17 heavy (non-hydrogen) atoms. The van der Waals surface area contributed by atoms with Crippen LogP contribution < -0.4 is 4.90 Å². The first-order valence-electron chi connectivity index (χ1n) is 5.35. The molecule has 0 aliphatic heterocycles. The molecular formula is C12H15N3O2. The van der Waals surface area contributed by atoms with E-state index in [1.807, 2.05) is 36.7 Å². The van der Waals surface area contributed by atoms with Gasteiger partial charge in [-0.3, -0.25) is 4.79 Å². The monoisotopic (exact) mass is 233 g/mol. The van der Waals surface area contributed by atoms with Gasteiger partial charge in [0.1, 0.15) is 6.54 Å². The Bertz CT molecular complexity index is 574. The summed E-state index contributed by atoms with van der Waals surface area (Å²) in [6.07, 6.45) is 0. The highest BCUT2D eigenvalue weighted by Crippen LogP contribution is 2.21. The number of anilines is 1. The fourth-order valence-corrected chi connectivity index (χ4v) is 1.90. The molecule has 2 rings (SSSR count). The van der Waals surface area contributed by atoms with E-state index < -0.39 is 5.97 Å². The first-order valence-corrected chi connectivity index (χ1v) is 5.35. The summed E-state index contributed by atoms with van der Waals surface area (Å²) < 4.78 is 1.91. The molecule has 0 aliphatic carbocycles. The van der Waals surface area contributed by atoms with E-state index >= 15 is 0 Å². The van der Waals surface area contributed by atoms with Gasteiger partial charge < -0.3 is 14.6 Å². The van der Waals surface area contributed by atoms with Gasteiger partial charge in [0.15, 0.2) is 0 Å². The molecule has 5 nitrogen and oxygen atoms in total. The van der Waals surface area contributed by atoms with Crippen molar-refractivity contribution in [3.8, 4) is 0 Å². The number of hydrogen-bond donors (Lipinski definition) is 1. The first-order chi connectivity index (χ1) is 7.99. The molecule has 1 heterocycles. The predicted octanol–water partition coefficient (Wildman–Crippen LogP) is 1.40. The highest BCUT2D eigenvalue weighted by atomic mass is 16.4. The van der Waals surface area contributed by atoms with Crippen LogP contribution in [0.5, 0.6) is 0 Å². The minimum atomic E-state index is -0.865. The van der Waals surface area contributed by atoms with Crippen LogP contribution in [0.4, 0.5) is 5.95 Å². The molecule has 1 aromatic heterocycles. The SMILES string of the molecule is Cc1ccc2nc(N(C)CC(=O)O)n(C)c2c1. The third-order valence-electron chi connectivity index (χ3n) is 2.73. The molecule has 1 aromatic carbocycles. The van der Waals surface area contributed by atoms with Crippen LogP contribution in [0.1, 0.15) is 5.56 Å². The average Bonchev–Trinajstić information content (AvgIpc) is 2.55. The summed E-state index contributed by atoms with van der Waals surface area (Å²) in [6.45, 7) is 1.96. The highest BCUT2D eigenvalue weighted by Gasteiger charge is 2.13. The second-order valence-corrected chi connectivity index (χ2v) is 4.21. The van der Waals surface area contributed by atoms with Crippen molar-refractivity contribution in [1.29, 1.82) is 0 Å². The lowest BCUT2D eigenvalue weighted by Gasteiger charge is -2.15. The van der Waals surface area contributed by atoms with Crippen LogP contribution in [0, 0.1) is 6.92 Å². The van der Waals surface area contributed by atoms with E-state index in [4.69, 9.17) is 5.11 Å². The van der Waals surface area contributed by atoms with E-state index in [0.29, 0.717) is 5.95 Å². The number of likely N-dealkylation sites (N-methyl/N-ethyl adjacent to an activating group) is 1. The zero-order chi connectivity index (χ0) is 12.6. The molecule has 1 N–H and O–H groups in total. The van der Waals surface area contributed by atoms with Gasteiger partial charge in [-0.05, 0) is 24.6 Å². The fraction of sp³-hybridized carbons (Fsp3) is 0.333. The summed E-state index contributed by atoms with van der Waals surface area (Å²) in [7, 11) is 3.62. The molecule has 0 unspecified atom stereocenters.